The van der Waals surface area contributed by atoms with Gasteiger partial charge in [-0.15, -0.1) is 0 Å². The number of amides is 1. The standard InChI is InChI=1S/C15H15FN4O/c1-9(10-4-6-12(16)7-5-10)17-20-15(21)14-8-13(18-19-14)11-2-3-11/h4-8,11H,2-3H2,1H3,(H,18,19)(H,20,21)/b17-9+. The number of benzene rings is 1. The number of nitrogens with one attached hydrogen (secondary N) is 2. The van der Waals surface area contributed by atoms with E-state index in [1.54, 1.807) is 25.1 Å². The molecule has 5 nitrogen and oxygen atoms in total. The molecule has 0 atom stereocenters. The normalized spacial score (nSPS) is 15.0. The molecule has 2 aromatic rings. The Hall–Kier alpha value is -2.50. The van der Waals surface area contributed by atoms with Gasteiger partial charge in [-0.25, -0.2) is 9.82 Å². The first-order chi connectivity index (χ1) is 10.1. The van der Waals surface area contributed by atoms with Crippen molar-refractivity contribution in [2.75, 3.05) is 0 Å². The first-order valence-corrected chi connectivity index (χ1v) is 6.79. The van der Waals surface area contributed by atoms with Crippen LogP contribution >= 0.6 is 0 Å². The van der Waals surface area contributed by atoms with E-state index >= 15 is 0 Å². The van der Waals surface area contributed by atoms with Crippen LogP contribution in [0.1, 0.15) is 47.4 Å². The van der Waals surface area contributed by atoms with Crippen LogP contribution in [0.3, 0.4) is 0 Å². The lowest BCUT2D eigenvalue weighted by Gasteiger charge is -2.01. The van der Waals surface area contributed by atoms with Crippen LogP contribution < -0.4 is 5.43 Å². The van der Waals surface area contributed by atoms with Crippen molar-refractivity contribution < 1.29 is 9.18 Å². The molecule has 1 fully saturated rings. The van der Waals surface area contributed by atoms with Gasteiger partial charge in [0.15, 0.2) is 5.69 Å². The highest BCUT2D eigenvalue weighted by Gasteiger charge is 2.26. The van der Waals surface area contributed by atoms with Crippen molar-refractivity contribution in [2.24, 2.45) is 5.10 Å². The highest BCUT2D eigenvalue weighted by Crippen LogP contribution is 2.38. The number of aromatic amines is 1. The van der Waals surface area contributed by atoms with Crippen molar-refractivity contribution >= 4 is 11.6 Å². The van der Waals surface area contributed by atoms with Crippen LogP contribution in [0.25, 0.3) is 0 Å². The zero-order chi connectivity index (χ0) is 14.8. The number of halogens is 1. The summed E-state index contributed by atoms with van der Waals surface area (Å²) in [6.07, 6.45) is 2.29. The number of rotatable bonds is 4. The summed E-state index contributed by atoms with van der Waals surface area (Å²) in [6.45, 7) is 1.74. The third-order valence-electron chi connectivity index (χ3n) is 3.43. The van der Waals surface area contributed by atoms with Gasteiger partial charge in [-0.1, -0.05) is 12.1 Å². The van der Waals surface area contributed by atoms with Gasteiger partial charge in [0.1, 0.15) is 5.82 Å². The molecule has 0 bridgehead atoms. The smallest absolute Gasteiger partial charge is 0.281 e. The van der Waals surface area contributed by atoms with E-state index in [0.717, 1.165) is 24.1 Å². The topological polar surface area (TPSA) is 70.1 Å². The van der Waals surface area contributed by atoms with Crippen LogP contribution in [0.4, 0.5) is 4.39 Å². The largest absolute Gasteiger partial charge is 0.291 e. The Labute approximate surface area is 121 Å². The molecule has 1 aliphatic carbocycles. The molecular formula is C15H15FN4O. The number of nitrogens with zero attached hydrogens (tertiary/aromatic N) is 2. The molecule has 1 saturated carbocycles. The molecule has 1 aromatic carbocycles. The van der Waals surface area contributed by atoms with Gasteiger partial charge in [0.05, 0.1) is 5.71 Å². The Morgan fingerprint density at radius 3 is 2.76 bits per heavy atom. The second kappa shape index (κ2) is 5.47. The predicted molar refractivity (Wildman–Crippen MR) is 76.6 cm³/mol. The fourth-order valence-corrected chi connectivity index (χ4v) is 2.00. The molecular weight excluding hydrogens is 271 g/mol. The SMILES string of the molecule is C/C(=N\NC(=O)c1cc(C2CC2)[nH]n1)c1ccc(F)cc1. The summed E-state index contributed by atoms with van der Waals surface area (Å²) in [5.74, 6) is -0.150. The maximum atomic E-state index is 12.8. The summed E-state index contributed by atoms with van der Waals surface area (Å²) < 4.78 is 12.8. The number of H-pyrrole nitrogens is 1. The number of hydrogen-bond donors (Lipinski definition) is 2. The average Bonchev–Trinajstić information content (AvgIpc) is 3.22. The third kappa shape index (κ3) is 3.16. The lowest BCUT2D eigenvalue weighted by Crippen LogP contribution is -2.19. The van der Waals surface area contributed by atoms with E-state index in [4.69, 9.17) is 0 Å². The molecule has 0 saturated heterocycles. The monoisotopic (exact) mass is 286 g/mol. The second-order valence-electron chi connectivity index (χ2n) is 5.13. The Morgan fingerprint density at radius 1 is 1.38 bits per heavy atom. The minimum absolute atomic E-state index is 0.306. The maximum Gasteiger partial charge on any atom is 0.291 e. The summed E-state index contributed by atoms with van der Waals surface area (Å²) in [5, 5.41) is 10.9. The second-order valence-corrected chi connectivity index (χ2v) is 5.13. The molecule has 1 amide bonds. The van der Waals surface area contributed by atoms with Gasteiger partial charge in [0, 0.05) is 11.6 Å². The van der Waals surface area contributed by atoms with Crippen molar-refractivity contribution in [3.05, 3.63) is 53.1 Å². The fourth-order valence-electron chi connectivity index (χ4n) is 2.00. The van der Waals surface area contributed by atoms with Gasteiger partial charge in [0.2, 0.25) is 0 Å². The lowest BCUT2D eigenvalue weighted by atomic mass is 10.1. The Balaban J connectivity index is 1.65. The molecule has 0 aliphatic heterocycles. The van der Waals surface area contributed by atoms with Crippen molar-refractivity contribution in [1.82, 2.24) is 15.6 Å². The summed E-state index contributed by atoms with van der Waals surface area (Å²) in [5.41, 5.74) is 5.13. The van der Waals surface area contributed by atoms with E-state index in [-0.39, 0.29) is 11.7 Å². The molecule has 1 heterocycles. The predicted octanol–water partition coefficient (Wildman–Crippen LogP) is 2.58. The summed E-state index contributed by atoms with van der Waals surface area (Å²) in [6, 6.07) is 7.69. The maximum absolute atomic E-state index is 12.8. The minimum atomic E-state index is -0.361. The van der Waals surface area contributed by atoms with E-state index in [1.165, 1.54) is 12.1 Å². The summed E-state index contributed by atoms with van der Waals surface area (Å²) in [4.78, 5) is 11.9. The molecule has 108 valence electrons. The van der Waals surface area contributed by atoms with Gasteiger partial charge < -0.3 is 0 Å². The van der Waals surface area contributed by atoms with Gasteiger partial charge in [0.25, 0.3) is 5.91 Å². The van der Waals surface area contributed by atoms with Gasteiger partial charge in [-0.3, -0.25) is 9.89 Å². The van der Waals surface area contributed by atoms with Crippen LogP contribution in [0.15, 0.2) is 35.4 Å². The molecule has 1 aromatic heterocycles. The number of hydrogen-bond acceptors (Lipinski definition) is 3. The van der Waals surface area contributed by atoms with Crippen LogP contribution in [-0.4, -0.2) is 21.8 Å². The van der Waals surface area contributed by atoms with Crippen molar-refractivity contribution in [2.45, 2.75) is 25.7 Å². The fraction of sp³-hybridized carbons (Fsp3) is 0.267. The van der Waals surface area contributed by atoms with Gasteiger partial charge >= 0.3 is 0 Å². The van der Waals surface area contributed by atoms with Crippen molar-refractivity contribution in [1.29, 1.82) is 0 Å². The highest BCUT2D eigenvalue weighted by molar-refractivity contribution is 6.00. The zero-order valence-corrected chi connectivity index (χ0v) is 11.6. The quantitative estimate of drug-likeness (QED) is 0.670. The highest BCUT2D eigenvalue weighted by atomic mass is 19.1. The first kappa shape index (κ1) is 13.5. The van der Waals surface area contributed by atoms with Crippen LogP contribution in [0, 0.1) is 5.82 Å². The first-order valence-electron chi connectivity index (χ1n) is 6.79. The summed E-state index contributed by atoms with van der Waals surface area (Å²) in [7, 11) is 0. The minimum Gasteiger partial charge on any atom is -0.281 e. The molecule has 0 unspecified atom stereocenters. The molecule has 0 radical (unpaired) electrons. The third-order valence-corrected chi connectivity index (χ3v) is 3.43. The van der Waals surface area contributed by atoms with E-state index in [9.17, 15) is 9.18 Å². The van der Waals surface area contributed by atoms with E-state index in [0.29, 0.717) is 17.3 Å². The number of aromatic nitrogens is 2. The molecule has 2 N–H and O–H groups in total. The molecule has 1 aliphatic rings. The van der Waals surface area contributed by atoms with Crippen molar-refractivity contribution in [3.63, 3.8) is 0 Å². The van der Waals surface area contributed by atoms with E-state index in [2.05, 4.69) is 20.7 Å². The molecule has 0 spiro atoms. The van der Waals surface area contributed by atoms with Crippen LogP contribution in [0.5, 0.6) is 0 Å². The van der Waals surface area contributed by atoms with Gasteiger partial charge in [-0.2, -0.15) is 10.2 Å². The molecule has 6 heteroatoms. The Kier molecular flexibility index (Phi) is 3.51. The van der Waals surface area contributed by atoms with Crippen molar-refractivity contribution in [3.8, 4) is 0 Å². The Morgan fingerprint density at radius 2 is 2.10 bits per heavy atom. The average molecular weight is 286 g/mol. The van der Waals surface area contributed by atoms with Crippen LogP contribution in [0.2, 0.25) is 0 Å². The molecule has 3 rings (SSSR count). The zero-order valence-electron chi connectivity index (χ0n) is 11.6. The van der Waals surface area contributed by atoms with E-state index in [1.807, 2.05) is 0 Å². The number of carbonyl (C=O) groups is 1. The van der Waals surface area contributed by atoms with E-state index < -0.39 is 0 Å². The molecule has 21 heavy (non-hydrogen) atoms. The summed E-state index contributed by atoms with van der Waals surface area (Å²) >= 11 is 0. The number of hydrazone groups is 1. The number of carbonyl (C=O) groups excluding carboxylic acids is 1. The van der Waals surface area contributed by atoms with Gasteiger partial charge in [-0.05, 0) is 43.5 Å². The Bertz CT molecular complexity index is 686. The lowest BCUT2D eigenvalue weighted by molar-refractivity contribution is 0.0950. The van der Waals surface area contributed by atoms with Crippen LogP contribution in [-0.2, 0) is 0 Å².